The second kappa shape index (κ2) is 11.4. The molecule has 0 saturated carbocycles. The van der Waals surface area contributed by atoms with Gasteiger partial charge < -0.3 is 24.0 Å². The summed E-state index contributed by atoms with van der Waals surface area (Å²) < 4.78 is 13.4. The predicted molar refractivity (Wildman–Crippen MR) is 136 cm³/mol. The maximum Gasteiger partial charge on any atom is 0.295 e. The standard InChI is InChI=1S/C28H29N3O5/c1-3-17-36-22-12-11-21(18-23(22)35-4-2)25-24(26(32)20-9-6-5-7-10-20)27(33)28(34)31(25)15-8-14-30-16-13-29-19-30/h3,5-7,9-13,16,18-19,25,32H,1,4,8,14-15,17H2,2H3. The van der Waals surface area contributed by atoms with Crippen LogP contribution in [0.2, 0.25) is 0 Å². The number of hydrogen-bond acceptors (Lipinski definition) is 6. The van der Waals surface area contributed by atoms with E-state index in [1.165, 1.54) is 4.90 Å². The van der Waals surface area contributed by atoms with Gasteiger partial charge in [-0.2, -0.15) is 0 Å². The molecule has 4 rings (SSSR count). The van der Waals surface area contributed by atoms with E-state index in [9.17, 15) is 14.7 Å². The van der Waals surface area contributed by atoms with E-state index < -0.39 is 17.7 Å². The molecular weight excluding hydrogens is 458 g/mol. The zero-order valence-corrected chi connectivity index (χ0v) is 20.2. The van der Waals surface area contributed by atoms with E-state index in [2.05, 4.69) is 11.6 Å². The number of aliphatic hydroxyl groups is 1. The maximum absolute atomic E-state index is 13.2. The average molecular weight is 488 g/mol. The molecule has 1 aliphatic rings. The number of amides is 1. The molecule has 186 valence electrons. The number of Topliss-reactive ketones (excluding diaryl/α,β-unsaturated/α-hetero) is 1. The molecule has 8 heteroatoms. The van der Waals surface area contributed by atoms with Crippen LogP contribution < -0.4 is 9.47 Å². The van der Waals surface area contributed by atoms with Crippen molar-refractivity contribution in [1.82, 2.24) is 14.5 Å². The summed E-state index contributed by atoms with van der Waals surface area (Å²) in [5.41, 5.74) is 1.16. The number of aryl methyl sites for hydroxylation is 1. The Kier molecular flexibility index (Phi) is 7.85. The number of imidazole rings is 1. The first kappa shape index (κ1) is 24.8. The number of benzene rings is 2. The number of hydrogen-bond donors (Lipinski definition) is 1. The Morgan fingerprint density at radius 2 is 1.92 bits per heavy atom. The van der Waals surface area contributed by atoms with E-state index >= 15 is 0 Å². The predicted octanol–water partition coefficient (Wildman–Crippen LogP) is 4.36. The van der Waals surface area contributed by atoms with Crippen molar-refractivity contribution in [2.45, 2.75) is 25.9 Å². The van der Waals surface area contributed by atoms with Crippen LogP contribution in [0.5, 0.6) is 11.5 Å². The van der Waals surface area contributed by atoms with E-state index in [0.717, 1.165) is 0 Å². The van der Waals surface area contributed by atoms with Crippen molar-refractivity contribution in [2.75, 3.05) is 19.8 Å². The van der Waals surface area contributed by atoms with E-state index in [0.29, 0.717) is 55.4 Å². The van der Waals surface area contributed by atoms with Gasteiger partial charge in [-0.25, -0.2) is 4.98 Å². The molecule has 0 bridgehead atoms. The molecule has 3 aromatic rings. The van der Waals surface area contributed by atoms with Crippen LogP contribution >= 0.6 is 0 Å². The van der Waals surface area contributed by atoms with Crippen molar-refractivity contribution < 1.29 is 24.2 Å². The maximum atomic E-state index is 13.2. The van der Waals surface area contributed by atoms with E-state index in [1.807, 2.05) is 23.8 Å². The van der Waals surface area contributed by atoms with Crippen molar-refractivity contribution >= 4 is 17.4 Å². The Morgan fingerprint density at radius 1 is 1.11 bits per heavy atom. The number of ether oxygens (including phenoxy) is 2. The molecule has 1 N–H and O–H groups in total. The minimum absolute atomic E-state index is 0.0519. The van der Waals surface area contributed by atoms with Crippen LogP contribution in [0.25, 0.3) is 5.76 Å². The lowest BCUT2D eigenvalue weighted by Gasteiger charge is -2.26. The number of nitrogens with zero attached hydrogens (tertiary/aromatic N) is 3. The lowest BCUT2D eigenvalue weighted by atomic mass is 9.95. The van der Waals surface area contributed by atoms with Crippen molar-refractivity contribution in [3.63, 3.8) is 0 Å². The van der Waals surface area contributed by atoms with Crippen LogP contribution in [0.4, 0.5) is 0 Å². The van der Waals surface area contributed by atoms with E-state index in [-0.39, 0.29) is 11.3 Å². The van der Waals surface area contributed by atoms with Crippen LogP contribution in [-0.2, 0) is 16.1 Å². The molecule has 1 fully saturated rings. The Balaban J connectivity index is 1.76. The fourth-order valence-electron chi connectivity index (χ4n) is 4.28. The van der Waals surface area contributed by atoms with Crippen LogP contribution in [0.15, 0.2) is 85.5 Å². The summed E-state index contributed by atoms with van der Waals surface area (Å²) >= 11 is 0. The highest BCUT2D eigenvalue weighted by Gasteiger charge is 2.46. The van der Waals surface area contributed by atoms with Gasteiger partial charge in [0.2, 0.25) is 0 Å². The number of likely N-dealkylation sites (tertiary alicyclic amines) is 1. The third kappa shape index (κ3) is 5.17. The van der Waals surface area contributed by atoms with Gasteiger partial charge in [-0.3, -0.25) is 9.59 Å². The highest BCUT2D eigenvalue weighted by Crippen LogP contribution is 2.42. The number of ketones is 1. The molecule has 2 aromatic carbocycles. The molecule has 1 atom stereocenters. The van der Waals surface area contributed by atoms with Crippen LogP contribution in [-0.4, -0.2) is 51.0 Å². The quantitative estimate of drug-likeness (QED) is 0.187. The summed E-state index contributed by atoms with van der Waals surface area (Å²) in [7, 11) is 0. The van der Waals surface area contributed by atoms with Gasteiger partial charge in [-0.1, -0.05) is 49.1 Å². The molecule has 2 heterocycles. The monoisotopic (exact) mass is 487 g/mol. The van der Waals surface area contributed by atoms with Crippen molar-refractivity contribution in [1.29, 1.82) is 0 Å². The Morgan fingerprint density at radius 3 is 2.61 bits per heavy atom. The van der Waals surface area contributed by atoms with E-state index in [1.54, 1.807) is 61.1 Å². The van der Waals surface area contributed by atoms with Crippen molar-refractivity contribution in [3.05, 3.63) is 96.6 Å². The van der Waals surface area contributed by atoms with Gasteiger partial charge in [0.05, 0.1) is 24.5 Å². The molecule has 1 unspecified atom stereocenters. The number of carbonyl (C=O) groups is 2. The Labute approximate surface area is 210 Å². The van der Waals surface area contributed by atoms with Crippen LogP contribution in [0.3, 0.4) is 0 Å². The third-order valence-electron chi connectivity index (χ3n) is 5.90. The summed E-state index contributed by atoms with van der Waals surface area (Å²) in [6, 6.07) is 13.3. The second-order valence-corrected chi connectivity index (χ2v) is 8.25. The highest BCUT2D eigenvalue weighted by atomic mass is 16.5. The highest BCUT2D eigenvalue weighted by molar-refractivity contribution is 6.46. The zero-order chi connectivity index (χ0) is 25.5. The number of carbonyl (C=O) groups excluding carboxylic acids is 2. The normalized spacial score (nSPS) is 16.8. The summed E-state index contributed by atoms with van der Waals surface area (Å²) in [5, 5.41) is 11.2. The molecule has 8 nitrogen and oxygen atoms in total. The minimum atomic E-state index is -0.777. The Bertz CT molecular complexity index is 1250. The molecule has 1 amide bonds. The summed E-state index contributed by atoms with van der Waals surface area (Å²) in [4.78, 5) is 32.0. The topological polar surface area (TPSA) is 93.9 Å². The van der Waals surface area contributed by atoms with Gasteiger partial charge in [0.25, 0.3) is 11.7 Å². The summed E-state index contributed by atoms with van der Waals surface area (Å²) in [5.74, 6) is -0.552. The number of rotatable bonds is 11. The number of aromatic nitrogens is 2. The molecule has 1 aromatic heterocycles. The van der Waals surface area contributed by atoms with Crippen LogP contribution in [0.1, 0.15) is 30.5 Å². The van der Waals surface area contributed by atoms with Gasteiger partial charge in [0, 0.05) is 31.0 Å². The largest absolute Gasteiger partial charge is 0.507 e. The molecular formula is C28H29N3O5. The zero-order valence-electron chi connectivity index (χ0n) is 20.2. The lowest BCUT2D eigenvalue weighted by molar-refractivity contribution is -0.139. The van der Waals surface area contributed by atoms with Crippen molar-refractivity contribution in [2.24, 2.45) is 0 Å². The fraction of sp³-hybridized carbons (Fsp3) is 0.250. The smallest absolute Gasteiger partial charge is 0.295 e. The van der Waals surface area contributed by atoms with Crippen molar-refractivity contribution in [3.8, 4) is 11.5 Å². The lowest BCUT2D eigenvalue weighted by Crippen LogP contribution is -2.31. The minimum Gasteiger partial charge on any atom is -0.507 e. The summed E-state index contributed by atoms with van der Waals surface area (Å²) in [6.45, 7) is 7.20. The number of aliphatic hydroxyl groups excluding tert-OH is 1. The second-order valence-electron chi connectivity index (χ2n) is 8.25. The first-order valence-electron chi connectivity index (χ1n) is 11.8. The van der Waals surface area contributed by atoms with Gasteiger partial charge in [-0.15, -0.1) is 0 Å². The van der Waals surface area contributed by atoms with E-state index in [4.69, 9.17) is 9.47 Å². The molecule has 0 spiro atoms. The SMILES string of the molecule is C=CCOc1ccc(C2C(=C(O)c3ccccc3)C(=O)C(=O)N2CCCn2ccnc2)cc1OCC. The molecule has 0 aliphatic carbocycles. The molecule has 1 aliphatic heterocycles. The van der Waals surface area contributed by atoms with Gasteiger partial charge in [0.1, 0.15) is 12.4 Å². The first-order valence-corrected chi connectivity index (χ1v) is 11.8. The third-order valence-corrected chi connectivity index (χ3v) is 5.90. The fourth-order valence-corrected chi connectivity index (χ4v) is 4.28. The van der Waals surface area contributed by atoms with Gasteiger partial charge in [-0.05, 0) is 31.0 Å². The van der Waals surface area contributed by atoms with Gasteiger partial charge >= 0.3 is 0 Å². The van der Waals surface area contributed by atoms with Crippen LogP contribution in [0, 0.1) is 0 Å². The molecule has 1 saturated heterocycles. The van der Waals surface area contributed by atoms with Gasteiger partial charge in [0.15, 0.2) is 11.5 Å². The molecule has 0 radical (unpaired) electrons. The average Bonchev–Trinajstić information content (AvgIpc) is 3.50. The Hall–Kier alpha value is -4.33. The molecule has 36 heavy (non-hydrogen) atoms. The first-order chi connectivity index (χ1) is 17.5. The summed E-state index contributed by atoms with van der Waals surface area (Å²) in [6.07, 6.45) is 7.48.